The molecular weight excluding hydrogens is 364 g/mol. The van der Waals surface area contributed by atoms with Gasteiger partial charge in [0.05, 0.1) is 44.5 Å². The Morgan fingerprint density at radius 3 is 2.32 bits per heavy atom. The first kappa shape index (κ1) is 19.9. The maximum absolute atomic E-state index is 11.4. The minimum absolute atomic E-state index is 0.0908. The average Bonchev–Trinajstić information content (AvgIpc) is 2.73. The van der Waals surface area contributed by atoms with E-state index < -0.39 is 11.0 Å². The molecule has 1 heterocycles. The number of benzene rings is 2. The van der Waals surface area contributed by atoms with Crippen molar-refractivity contribution in [2.75, 3.05) is 45.4 Å². The van der Waals surface area contributed by atoms with Gasteiger partial charge in [0.25, 0.3) is 5.69 Å². The van der Waals surface area contributed by atoms with Crippen molar-refractivity contribution >= 4 is 11.4 Å². The van der Waals surface area contributed by atoms with Crippen LogP contribution >= 0.6 is 0 Å². The maximum atomic E-state index is 11.4. The summed E-state index contributed by atoms with van der Waals surface area (Å²) in [7, 11) is 2.89. The minimum atomic E-state index is -0.879. The number of rotatable bonds is 7. The summed E-state index contributed by atoms with van der Waals surface area (Å²) in [5.74, 6) is 0.667. The molecule has 8 nitrogen and oxygen atoms in total. The molecule has 0 aliphatic carbocycles. The van der Waals surface area contributed by atoms with Crippen molar-refractivity contribution in [2.24, 2.45) is 0 Å². The number of nitrogens with zero attached hydrogens (tertiary/aromatic N) is 2. The molecular formula is C20H24N2O6. The van der Waals surface area contributed by atoms with Gasteiger partial charge in [-0.2, -0.15) is 0 Å². The summed E-state index contributed by atoms with van der Waals surface area (Å²) < 4.78 is 15.7. The zero-order valence-corrected chi connectivity index (χ0v) is 16.0. The van der Waals surface area contributed by atoms with Crippen LogP contribution in [0.2, 0.25) is 0 Å². The van der Waals surface area contributed by atoms with Crippen LogP contribution in [0.4, 0.5) is 11.4 Å². The first-order valence-corrected chi connectivity index (χ1v) is 9.03. The Kier molecular flexibility index (Phi) is 6.33. The predicted molar refractivity (Wildman–Crippen MR) is 104 cm³/mol. The Morgan fingerprint density at radius 2 is 1.75 bits per heavy atom. The quantitative estimate of drug-likeness (QED) is 0.576. The third-order valence-corrected chi connectivity index (χ3v) is 4.85. The van der Waals surface area contributed by atoms with Crippen molar-refractivity contribution in [3.05, 3.63) is 57.6 Å². The summed E-state index contributed by atoms with van der Waals surface area (Å²) in [5, 5.41) is 22.1. The number of aliphatic hydroxyl groups excluding tert-OH is 1. The largest absolute Gasteiger partial charge is 0.493 e. The molecule has 8 heteroatoms. The highest BCUT2D eigenvalue weighted by molar-refractivity contribution is 5.55. The molecule has 0 saturated carbocycles. The highest BCUT2D eigenvalue weighted by atomic mass is 16.6. The van der Waals surface area contributed by atoms with Crippen LogP contribution in [0.5, 0.6) is 11.5 Å². The minimum Gasteiger partial charge on any atom is -0.493 e. The molecule has 3 rings (SSSR count). The van der Waals surface area contributed by atoms with Crippen molar-refractivity contribution in [3.63, 3.8) is 0 Å². The van der Waals surface area contributed by atoms with Crippen LogP contribution in [0, 0.1) is 10.1 Å². The zero-order chi connectivity index (χ0) is 20.1. The van der Waals surface area contributed by atoms with Crippen molar-refractivity contribution < 1.29 is 24.2 Å². The maximum Gasteiger partial charge on any atom is 0.276 e. The van der Waals surface area contributed by atoms with Gasteiger partial charge in [-0.3, -0.25) is 10.1 Å². The van der Waals surface area contributed by atoms with Gasteiger partial charge in [-0.05, 0) is 23.8 Å². The van der Waals surface area contributed by atoms with Crippen molar-refractivity contribution in [1.29, 1.82) is 0 Å². The van der Waals surface area contributed by atoms with Crippen LogP contribution < -0.4 is 14.4 Å². The standard InChI is InChI=1S/C20H24N2O6/c1-26-19-12-15(17(22(24)25)13-20(19)27-2)11-18(23)14-3-5-16(6-4-14)21-7-9-28-10-8-21/h3-6,12-13,18,23H,7-11H2,1-2H3. The van der Waals surface area contributed by atoms with Crippen LogP contribution in [-0.4, -0.2) is 50.6 Å². The lowest BCUT2D eigenvalue weighted by atomic mass is 9.99. The van der Waals surface area contributed by atoms with Crippen LogP contribution in [-0.2, 0) is 11.2 Å². The summed E-state index contributed by atoms with van der Waals surface area (Å²) in [4.78, 5) is 13.2. The number of ether oxygens (including phenoxy) is 3. The second-order valence-corrected chi connectivity index (χ2v) is 6.50. The van der Waals surface area contributed by atoms with E-state index in [1.165, 1.54) is 20.3 Å². The number of hydrogen-bond donors (Lipinski definition) is 1. The molecule has 2 aromatic rings. The highest BCUT2D eigenvalue weighted by Gasteiger charge is 2.22. The predicted octanol–water partition coefficient (Wildman–Crippen LogP) is 2.72. The molecule has 1 N–H and O–H groups in total. The number of methoxy groups -OCH3 is 2. The van der Waals surface area contributed by atoms with E-state index >= 15 is 0 Å². The van der Waals surface area contributed by atoms with Crippen molar-refractivity contribution in [1.82, 2.24) is 0 Å². The third-order valence-electron chi connectivity index (χ3n) is 4.85. The molecule has 2 aromatic carbocycles. The molecule has 1 atom stereocenters. The fourth-order valence-electron chi connectivity index (χ4n) is 3.30. The molecule has 1 aliphatic heterocycles. The lowest BCUT2D eigenvalue weighted by Crippen LogP contribution is -2.36. The van der Waals surface area contributed by atoms with E-state index in [0.29, 0.717) is 30.1 Å². The number of aliphatic hydroxyl groups is 1. The summed E-state index contributed by atoms with van der Waals surface area (Å²) >= 11 is 0. The van der Waals surface area contributed by atoms with E-state index in [1.807, 2.05) is 24.3 Å². The molecule has 0 radical (unpaired) electrons. The average molecular weight is 388 g/mol. The summed E-state index contributed by atoms with van der Waals surface area (Å²) in [6.07, 6.45) is -0.788. The molecule has 1 saturated heterocycles. The zero-order valence-electron chi connectivity index (χ0n) is 16.0. The Bertz CT molecular complexity index is 818. The first-order valence-electron chi connectivity index (χ1n) is 9.03. The van der Waals surface area contributed by atoms with E-state index in [-0.39, 0.29) is 17.9 Å². The van der Waals surface area contributed by atoms with Gasteiger partial charge in [0.2, 0.25) is 0 Å². The number of nitro benzene ring substituents is 1. The third kappa shape index (κ3) is 4.35. The van der Waals surface area contributed by atoms with Crippen LogP contribution in [0.3, 0.4) is 0 Å². The normalized spacial score (nSPS) is 15.2. The molecule has 28 heavy (non-hydrogen) atoms. The second-order valence-electron chi connectivity index (χ2n) is 6.50. The molecule has 1 unspecified atom stereocenters. The van der Waals surface area contributed by atoms with Crippen LogP contribution in [0.25, 0.3) is 0 Å². The van der Waals surface area contributed by atoms with Gasteiger partial charge in [0.1, 0.15) is 0 Å². The van der Waals surface area contributed by atoms with E-state index in [2.05, 4.69) is 4.90 Å². The lowest BCUT2D eigenvalue weighted by Gasteiger charge is -2.29. The van der Waals surface area contributed by atoms with Gasteiger partial charge in [0, 0.05) is 30.8 Å². The molecule has 1 fully saturated rings. The van der Waals surface area contributed by atoms with E-state index in [4.69, 9.17) is 14.2 Å². The summed E-state index contributed by atoms with van der Waals surface area (Å²) in [6.45, 7) is 3.07. The highest BCUT2D eigenvalue weighted by Crippen LogP contribution is 2.36. The smallest absolute Gasteiger partial charge is 0.276 e. The first-order chi connectivity index (χ1) is 13.5. The number of anilines is 1. The van der Waals surface area contributed by atoms with E-state index in [0.717, 1.165) is 18.8 Å². The van der Waals surface area contributed by atoms with Gasteiger partial charge in [-0.25, -0.2) is 0 Å². The fraction of sp³-hybridized carbons (Fsp3) is 0.400. The number of nitro groups is 1. The Hall–Kier alpha value is -2.84. The monoisotopic (exact) mass is 388 g/mol. The molecule has 0 amide bonds. The lowest BCUT2D eigenvalue weighted by molar-refractivity contribution is -0.385. The van der Waals surface area contributed by atoms with Crippen LogP contribution in [0.15, 0.2) is 36.4 Å². The van der Waals surface area contributed by atoms with Gasteiger partial charge in [-0.15, -0.1) is 0 Å². The van der Waals surface area contributed by atoms with Crippen molar-refractivity contribution in [2.45, 2.75) is 12.5 Å². The fourth-order valence-corrected chi connectivity index (χ4v) is 3.30. The van der Waals surface area contributed by atoms with Gasteiger partial charge < -0.3 is 24.2 Å². The molecule has 1 aliphatic rings. The second kappa shape index (κ2) is 8.90. The van der Waals surface area contributed by atoms with Gasteiger partial charge in [-0.1, -0.05) is 12.1 Å². The van der Waals surface area contributed by atoms with E-state index in [9.17, 15) is 15.2 Å². The molecule has 150 valence electrons. The topological polar surface area (TPSA) is 94.3 Å². The summed E-state index contributed by atoms with van der Waals surface area (Å²) in [5.41, 5.74) is 2.03. The van der Waals surface area contributed by atoms with E-state index in [1.54, 1.807) is 6.07 Å². The van der Waals surface area contributed by atoms with Crippen LogP contribution in [0.1, 0.15) is 17.2 Å². The SMILES string of the molecule is COc1cc(CC(O)c2ccc(N3CCOCC3)cc2)c([N+](=O)[O-])cc1OC. The Morgan fingerprint density at radius 1 is 1.14 bits per heavy atom. The van der Waals surface area contributed by atoms with Crippen molar-refractivity contribution in [3.8, 4) is 11.5 Å². The Labute approximate surface area is 163 Å². The van der Waals surface area contributed by atoms with Gasteiger partial charge >= 0.3 is 0 Å². The molecule has 0 spiro atoms. The number of hydrogen-bond acceptors (Lipinski definition) is 7. The molecule has 0 aromatic heterocycles. The number of morpholine rings is 1. The Balaban J connectivity index is 1.80. The molecule has 0 bridgehead atoms. The summed E-state index contributed by atoms with van der Waals surface area (Å²) in [6, 6.07) is 10.5. The van der Waals surface area contributed by atoms with Gasteiger partial charge in [0.15, 0.2) is 11.5 Å².